The summed E-state index contributed by atoms with van der Waals surface area (Å²) in [6, 6.07) is 26.8. The van der Waals surface area contributed by atoms with Gasteiger partial charge in [0.05, 0.1) is 22.1 Å². The number of hydrogen-bond acceptors (Lipinski definition) is 6. The van der Waals surface area contributed by atoms with Crippen LogP contribution in [0.3, 0.4) is 0 Å². The summed E-state index contributed by atoms with van der Waals surface area (Å²) >= 11 is 0. The van der Waals surface area contributed by atoms with Gasteiger partial charge in [-0.05, 0) is 92.2 Å². The predicted molar refractivity (Wildman–Crippen MR) is 156 cm³/mol. The first-order chi connectivity index (χ1) is 19.1. The van der Waals surface area contributed by atoms with Crippen LogP contribution in [-0.2, 0) is 24.8 Å². The minimum absolute atomic E-state index is 0.00303. The summed E-state index contributed by atoms with van der Waals surface area (Å²) in [6.45, 7) is 3.62. The highest BCUT2D eigenvalue weighted by Gasteiger charge is 2.27. The van der Waals surface area contributed by atoms with Crippen molar-refractivity contribution in [1.29, 1.82) is 0 Å². The normalized spacial score (nSPS) is 11.4. The van der Waals surface area contributed by atoms with Crippen LogP contribution in [0.4, 0.5) is 17.1 Å². The number of ether oxygens (including phenoxy) is 1. The van der Waals surface area contributed by atoms with Crippen LogP contribution in [0.25, 0.3) is 0 Å². The zero-order chi connectivity index (χ0) is 28.8. The SMILES string of the molecule is CCOc1ccc(S(=O)(=O)N(CC(=O)Nc2ccc(S(=O)(=O)Nc3cccc(C)c3)cc2)c2ccccc2)cc1. The molecule has 0 heterocycles. The first-order valence-corrected chi connectivity index (χ1v) is 15.3. The van der Waals surface area contributed by atoms with E-state index in [1.807, 2.05) is 19.9 Å². The van der Waals surface area contributed by atoms with Crippen LogP contribution in [0.2, 0.25) is 0 Å². The van der Waals surface area contributed by atoms with E-state index in [-0.39, 0.29) is 9.79 Å². The van der Waals surface area contributed by atoms with E-state index in [0.717, 1.165) is 9.87 Å². The third-order valence-corrected chi connectivity index (χ3v) is 8.96. The molecule has 0 radical (unpaired) electrons. The molecule has 40 heavy (non-hydrogen) atoms. The molecule has 0 aliphatic rings. The second kappa shape index (κ2) is 12.2. The van der Waals surface area contributed by atoms with Gasteiger partial charge in [0.15, 0.2) is 0 Å². The smallest absolute Gasteiger partial charge is 0.264 e. The lowest BCUT2D eigenvalue weighted by Gasteiger charge is -2.24. The molecule has 0 fully saturated rings. The van der Waals surface area contributed by atoms with E-state index in [2.05, 4.69) is 10.0 Å². The molecule has 4 aromatic rings. The molecule has 4 rings (SSSR count). The van der Waals surface area contributed by atoms with Crippen LogP contribution >= 0.6 is 0 Å². The largest absolute Gasteiger partial charge is 0.494 e. The molecule has 0 atom stereocenters. The number of carbonyl (C=O) groups excluding carboxylic acids is 1. The molecular weight excluding hydrogens is 550 g/mol. The maximum absolute atomic E-state index is 13.5. The van der Waals surface area contributed by atoms with Crippen LogP contribution in [0.15, 0.2) is 113 Å². The number of rotatable bonds is 11. The molecule has 0 aromatic heterocycles. The maximum Gasteiger partial charge on any atom is 0.264 e. The van der Waals surface area contributed by atoms with Gasteiger partial charge in [-0.3, -0.25) is 13.8 Å². The van der Waals surface area contributed by atoms with E-state index in [1.54, 1.807) is 60.7 Å². The van der Waals surface area contributed by atoms with Crippen LogP contribution in [-0.4, -0.2) is 35.9 Å². The minimum Gasteiger partial charge on any atom is -0.494 e. The zero-order valence-electron chi connectivity index (χ0n) is 21.9. The van der Waals surface area contributed by atoms with Crippen LogP contribution in [0.5, 0.6) is 5.75 Å². The number of amides is 1. The molecule has 0 bridgehead atoms. The van der Waals surface area contributed by atoms with Gasteiger partial charge >= 0.3 is 0 Å². The van der Waals surface area contributed by atoms with Gasteiger partial charge < -0.3 is 10.1 Å². The highest BCUT2D eigenvalue weighted by Crippen LogP contribution is 2.25. The molecule has 0 aliphatic heterocycles. The van der Waals surface area contributed by atoms with Crippen LogP contribution < -0.4 is 19.1 Å². The number of sulfonamides is 2. The predicted octanol–water partition coefficient (Wildman–Crippen LogP) is 5.03. The number of hydrogen-bond donors (Lipinski definition) is 2. The molecule has 0 saturated heterocycles. The fraction of sp³-hybridized carbons (Fsp3) is 0.138. The van der Waals surface area contributed by atoms with Crippen LogP contribution in [0.1, 0.15) is 12.5 Å². The maximum atomic E-state index is 13.5. The monoisotopic (exact) mass is 579 g/mol. The lowest BCUT2D eigenvalue weighted by molar-refractivity contribution is -0.114. The summed E-state index contributed by atoms with van der Waals surface area (Å²) in [5, 5.41) is 2.65. The van der Waals surface area contributed by atoms with E-state index in [4.69, 9.17) is 4.74 Å². The van der Waals surface area contributed by atoms with Gasteiger partial charge in [0.25, 0.3) is 20.0 Å². The molecule has 2 N–H and O–H groups in total. The molecular formula is C29H29N3O6S2. The Morgan fingerprint density at radius 3 is 2.05 bits per heavy atom. The van der Waals surface area contributed by atoms with E-state index in [0.29, 0.717) is 29.4 Å². The minimum atomic E-state index is -4.10. The number of para-hydroxylation sites is 1. The summed E-state index contributed by atoms with van der Waals surface area (Å²) < 4.78 is 61.6. The summed E-state index contributed by atoms with van der Waals surface area (Å²) in [5.74, 6) is -0.0724. The van der Waals surface area contributed by atoms with Crippen molar-refractivity contribution in [3.8, 4) is 5.75 Å². The van der Waals surface area contributed by atoms with Crippen molar-refractivity contribution in [2.24, 2.45) is 0 Å². The number of nitrogens with zero attached hydrogens (tertiary/aromatic N) is 1. The van der Waals surface area contributed by atoms with Crippen molar-refractivity contribution in [2.45, 2.75) is 23.6 Å². The number of nitrogens with one attached hydrogen (secondary N) is 2. The molecule has 0 spiro atoms. The Morgan fingerprint density at radius 2 is 1.43 bits per heavy atom. The first kappa shape index (κ1) is 28.7. The quantitative estimate of drug-likeness (QED) is 0.257. The van der Waals surface area contributed by atoms with E-state index in [9.17, 15) is 21.6 Å². The van der Waals surface area contributed by atoms with Crippen molar-refractivity contribution in [3.05, 3.63) is 109 Å². The average Bonchev–Trinajstić information content (AvgIpc) is 2.93. The van der Waals surface area contributed by atoms with Crippen molar-refractivity contribution in [3.63, 3.8) is 0 Å². The van der Waals surface area contributed by atoms with E-state index >= 15 is 0 Å². The van der Waals surface area contributed by atoms with Gasteiger partial charge in [0.2, 0.25) is 5.91 Å². The molecule has 0 aliphatic carbocycles. The van der Waals surface area contributed by atoms with Crippen molar-refractivity contribution >= 4 is 43.0 Å². The first-order valence-electron chi connectivity index (χ1n) is 12.4. The van der Waals surface area contributed by atoms with Gasteiger partial charge in [0.1, 0.15) is 12.3 Å². The molecule has 208 valence electrons. The van der Waals surface area contributed by atoms with Gasteiger partial charge in [-0.1, -0.05) is 30.3 Å². The van der Waals surface area contributed by atoms with Gasteiger partial charge in [-0.2, -0.15) is 0 Å². The fourth-order valence-corrected chi connectivity index (χ4v) is 6.35. The van der Waals surface area contributed by atoms with Gasteiger partial charge in [-0.25, -0.2) is 16.8 Å². The molecule has 4 aromatic carbocycles. The lowest BCUT2D eigenvalue weighted by atomic mass is 10.2. The summed E-state index contributed by atoms with van der Waals surface area (Å²) in [5.41, 5.74) is 1.97. The Hall–Kier alpha value is -4.35. The van der Waals surface area contributed by atoms with E-state index < -0.39 is 32.5 Å². The fourth-order valence-electron chi connectivity index (χ4n) is 3.88. The van der Waals surface area contributed by atoms with Crippen molar-refractivity contribution in [2.75, 3.05) is 27.5 Å². The molecule has 11 heteroatoms. The van der Waals surface area contributed by atoms with Crippen molar-refractivity contribution in [1.82, 2.24) is 0 Å². The van der Waals surface area contributed by atoms with Crippen LogP contribution in [0, 0.1) is 6.92 Å². The molecule has 9 nitrogen and oxygen atoms in total. The number of carbonyl (C=O) groups is 1. The lowest BCUT2D eigenvalue weighted by Crippen LogP contribution is -2.38. The Morgan fingerprint density at radius 1 is 0.775 bits per heavy atom. The number of aryl methyl sites for hydroxylation is 1. The van der Waals surface area contributed by atoms with Crippen molar-refractivity contribution < 1.29 is 26.4 Å². The third-order valence-electron chi connectivity index (χ3n) is 5.77. The average molecular weight is 580 g/mol. The zero-order valence-corrected chi connectivity index (χ0v) is 23.6. The molecule has 1 amide bonds. The second-order valence-electron chi connectivity index (χ2n) is 8.80. The summed E-state index contributed by atoms with van der Waals surface area (Å²) in [6.07, 6.45) is 0. The topological polar surface area (TPSA) is 122 Å². The summed E-state index contributed by atoms with van der Waals surface area (Å²) in [4.78, 5) is 13.0. The second-order valence-corrected chi connectivity index (χ2v) is 12.3. The Bertz CT molecular complexity index is 1670. The third kappa shape index (κ3) is 6.99. The van der Waals surface area contributed by atoms with E-state index in [1.165, 1.54) is 36.4 Å². The molecule has 0 saturated carbocycles. The Kier molecular flexibility index (Phi) is 8.76. The highest BCUT2D eigenvalue weighted by atomic mass is 32.2. The summed E-state index contributed by atoms with van der Waals surface area (Å²) in [7, 11) is -7.95. The van der Waals surface area contributed by atoms with Gasteiger partial charge in [0, 0.05) is 11.4 Å². The Labute approximate surface area is 234 Å². The highest BCUT2D eigenvalue weighted by molar-refractivity contribution is 7.93. The molecule has 0 unspecified atom stereocenters. The Balaban J connectivity index is 1.51. The standard InChI is InChI=1S/C29H29N3O6S2/c1-3-38-26-14-18-28(19-15-26)40(36,37)32(25-10-5-4-6-11-25)21-29(33)30-23-12-16-27(17-13-23)39(34,35)31-24-9-7-8-22(2)20-24/h4-20,31H,3,21H2,1-2H3,(H,30,33). The number of benzene rings is 4. The van der Waals surface area contributed by atoms with Gasteiger partial charge in [-0.15, -0.1) is 0 Å². The number of anilines is 3.